The van der Waals surface area contributed by atoms with Gasteiger partial charge in [-0.05, 0) is 31.2 Å². The average Bonchev–Trinajstić information content (AvgIpc) is 2.68. The summed E-state index contributed by atoms with van der Waals surface area (Å²) in [6.07, 6.45) is -4.99. The molecule has 1 heterocycles. The Labute approximate surface area is 170 Å². The Morgan fingerprint density at radius 1 is 1.16 bits per heavy atom. The third-order valence-corrected chi connectivity index (χ3v) is 4.16. The molecule has 0 radical (unpaired) electrons. The van der Waals surface area contributed by atoms with E-state index in [0.29, 0.717) is 12.1 Å². The van der Waals surface area contributed by atoms with Crippen molar-refractivity contribution in [2.45, 2.75) is 13.1 Å². The number of aromatic nitrogens is 2. The van der Waals surface area contributed by atoms with E-state index in [9.17, 15) is 37.3 Å². The van der Waals surface area contributed by atoms with Gasteiger partial charge in [0.2, 0.25) is 5.43 Å². The van der Waals surface area contributed by atoms with E-state index in [1.54, 1.807) is 0 Å². The predicted octanol–water partition coefficient (Wildman–Crippen LogP) is 3.86. The highest BCUT2D eigenvalue weighted by Crippen LogP contribution is 2.33. The molecule has 0 fully saturated rings. The number of rotatable bonds is 4. The summed E-state index contributed by atoms with van der Waals surface area (Å²) in [6.45, 7) is 1.43. The van der Waals surface area contributed by atoms with Crippen LogP contribution in [0.1, 0.15) is 21.7 Å². The van der Waals surface area contributed by atoms with Crippen molar-refractivity contribution in [2.24, 2.45) is 0 Å². The van der Waals surface area contributed by atoms with E-state index in [1.807, 2.05) is 0 Å². The molecular formula is C19H12F4N4O4. The van der Waals surface area contributed by atoms with E-state index in [0.717, 1.165) is 16.8 Å². The van der Waals surface area contributed by atoms with Gasteiger partial charge in [0.25, 0.3) is 11.6 Å². The lowest BCUT2D eigenvalue weighted by Gasteiger charge is -2.13. The molecule has 1 N–H and O–H groups in total. The second-order valence-corrected chi connectivity index (χ2v) is 6.30. The molecule has 1 amide bonds. The fraction of sp³-hybridized carbons (Fsp3) is 0.105. The Balaban J connectivity index is 2.03. The SMILES string of the molecule is Cc1cc(=O)c(C(=O)Nc2ccc(F)c(C(F)(F)F)c2)nn1-c1ccccc1[N+](=O)[O-]. The van der Waals surface area contributed by atoms with Crippen molar-refractivity contribution < 1.29 is 27.3 Å². The summed E-state index contributed by atoms with van der Waals surface area (Å²) in [7, 11) is 0. The number of nitro groups is 1. The first-order valence-corrected chi connectivity index (χ1v) is 8.52. The van der Waals surface area contributed by atoms with Crippen LogP contribution in [0.2, 0.25) is 0 Å². The molecular weight excluding hydrogens is 424 g/mol. The molecule has 0 spiro atoms. The van der Waals surface area contributed by atoms with E-state index in [-0.39, 0.29) is 17.1 Å². The molecule has 31 heavy (non-hydrogen) atoms. The Kier molecular flexibility index (Phi) is 5.56. The van der Waals surface area contributed by atoms with Gasteiger partial charge in [-0.15, -0.1) is 0 Å². The van der Waals surface area contributed by atoms with Gasteiger partial charge in [0.15, 0.2) is 5.69 Å². The summed E-state index contributed by atoms with van der Waals surface area (Å²) in [6, 6.07) is 8.24. The van der Waals surface area contributed by atoms with Gasteiger partial charge < -0.3 is 5.32 Å². The number of amides is 1. The zero-order chi connectivity index (χ0) is 22.9. The van der Waals surface area contributed by atoms with Gasteiger partial charge in [0.05, 0.1) is 10.5 Å². The van der Waals surface area contributed by atoms with Crippen LogP contribution in [0.3, 0.4) is 0 Å². The topological polar surface area (TPSA) is 107 Å². The van der Waals surface area contributed by atoms with E-state index in [4.69, 9.17) is 0 Å². The number of nitrogens with zero attached hydrogens (tertiary/aromatic N) is 3. The summed E-state index contributed by atoms with van der Waals surface area (Å²) in [5, 5.41) is 17.2. The first kappa shape index (κ1) is 21.6. The summed E-state index contributed by atoms with van der Waals surface area (Å²) < 4.78 is 53.0. The standard InChI is InChI=1S/C19H12F4N4O4/c1-10-8-16(28)17(25-26(10)14-4-2-3-5-15(14)27(30)31)18(29)24-11-6-7-13(20)12(9-11)19(21,22)23/h2-9H,1H3,(H,24,29). The molecule has 12 heteroatoms. The number of benzene rings is 2. The molecule has 0 aliphatic rings. The van der Waals surface area contributed by atoms with Gasteiger partial charge in [0.1, 0.15) is 11.5 Å². The van der Waals surface area contributed by atoms with Crippen molar-refractivity contribution in [3.63, 3.8) is 0 Å². The number of nitro benzene ring substituents is 1. The fourth-order valence-electron chi connectivity index (χ4n) is 2.76. The van der Waals surface area contributed by atoms with Crippen LogP contribution in [-0.2, 0) is 6.18 Å². The second kappa shape index (κ2) is 7.97. The molecule has 0 saturated heterocycles. The molecule has 2 aromatic carbocycles. The fourth-order valence-corrected chi connectivity index (χ4v) is 2.76. The average molecular weight is 436 g/mol. The van der Waals surface area contributed by atoms with Gasteiger partial charge in [-0.2, -0.15) is 18.3 Å². The Bertz CT molecular complexity index is 1250. The molecule has 0 bridgehead atoms. The first-order chi connectivity index (χ1) is 14.5. The number of hydrogen-bond donors (Lipinski definition) is 1. The van der Waals surface area contributed by atoms with Crippen molar-refractivity contribution in [2.75, 3.05) is 5.32 Å². The summed E-state index contributed by atoms with van der Waals surface area (Å²) in [5.41, 5.74) is -3.79. The molecule has 3 aromatic rings. The monoisotopic (exact) mass is 436 g/mol. The van der Waals surface area contributed by atoms with Gasteiger partial charge in [-0.1, -0.05) is 12.1 Å². The number of nitrogens with one attached hydrogen (secondary N) is 1. The Morgan fingerprint density at radius 2 is 1.84 bits per heavy atom. The number of anilines is 1. The van der Waals surface area contributed by atoms with Crippen LogP contribution in [0.4, 0.5) is 28.9 Å². The van der Waals surface area contributed by atoms with Crippen molar-refractivity contribution in [1.29, 1.82) is 0 Å². The highest BCUT2D eigenvalue weighted by atomic mass is 19.4. The molecule has 0 saturated carbocycles. The van der Waals surface area contributed by atoms with E-state index < -0.39 is 45.2 Å². The van der Waals surface area contributed by atoms with Crippen LogP contribution in [0.15, 0.2) is 53.3 Å². The molecule has 0 aliphatic carbocycles. The third-order valence-electron chi connectivity index (χ3n) is 4.16. The number of alkyl halides is 3. The third kappa shape index (κ3) is 4.42. The maximum atomic E-state index is 13.4. The quantitative estimate of drug-likeness (QED) is 0.380. The van der Waals surface area contributed by atoms with E-state index >= 15 is 0 Å². The van der Waals surface area contributed by atoms with Gasteiger partial charge >= 0.3 is 6.18 Å². The van der Waals surface area contributed by atoms with Crippen LogP contribution in [0.25, 0.3) is 5.69 Å². The highest BCUT2D eigenvalue weighted by molar-refractivity contribution is 6.02. The highest BCUT2D eigenvalue weighted by Gasteiger charge is 2.34. The number of halogens is 4. The van der Waals surface area contributed by atoms with Crippen molar-refractivity contribution >= 4 is 17.3 Å². The van der Waals surface area contributed by atoms with Gasteiger partial charge in [-0.3, -0.25) is 19.7 Å². The lowest BCUT2D eigenvalue weighted by Crippen LogP contribution is -2.27. The number of carbonyl (C=O) groups excluding carboxylic acids is 1. The maximum Gasteiger partial charge on any atom is 0.419 e. The number of aryl methyl sites for hydroxylation is 1. The smallest absolute Gasteiger partial charge is 0.320 e. The molecule has 0 atom stereocenters. The summed E-state index contributed by atoms with van der Waals surface area (Å²) in [4.78, 5) is 35.3. The molecule has 8 nitrogen and oxygen atoms in total. The Hall–Kier alpha value is -4.09. The molecule has 160 valence electrons. The molecule has 0 aliphatic heterocycles. The van der Waals surface area contributed by atoms with Crippen molar-refractivity contribution in [3.05, 3.63) is 91.6 Å². The first-order valence-electron chi connectivity index (χ1n) is 8.52. The normalized spacial score (nSPS) is 11.3. The number of para-hydroxylation sites is 2. The van der Waals surface area contributed by atoms with Gasteiger partial charge in [-0.25, -0.2) is 9.07 Å². The summed E-state index contributed by atoms with van der Waals surface area (Å²) >= 11 is 0. The second-order valence-electron chi connectivity index (χ2n) is 6.30. The van der Waals surface area contributed by atoms with E-state index in [1.165, 1.54) is 31.2 Å². The minimum absolute atomic E-state index is 0.0276. The lowest BCUT2D eigenvalue weighted by atomic mass is 10.1. The molecule has 3 rings (SSSR count). The lowest BCUT2D eigenvalue weighted by molar-refractivity contribution is -0.384. The van der Waals surface area contributed by atoms with Crippen molar-refractivity contribution in [3.8, 4) is 5.69 Å². The van der Waals surface area contributed by atoms with Crippen molar-refractivity contribution in [1.82, 2.24) is 9.78 Å². The zero-order valence-electron chi connectivity index (χ0n) is 15.6. The minimum Gasteiger partial charge on any atom is -0.320 e. The summed E-state index contributed by atoms with van der Waals surface area (Å²) in [5.74, 6) is -2.70. The van der Waals surface area contributed by atoms with Crippen LogP contribution in [0, 0.1) is 22.9 Å². The van der Waals surface area contributed by atoms with Gasteiger partial charge in [0, 0.05) is 23.5 Å². The van der Waals surface area contributed by atoms with Crippen LogP contribution >= 0.6 is 0 Å². The number of hydrogen-bond acceptors (Lipinski definition) is 5. The zero-order valence-corrected chi connectivity index (χ0v) is 15.6. The number of carbonyl (C=O) groups is 1. The molecule has 0 unspecified atom stereocenters. The molecule has 1 aromatic heterocycles. The maximum absolute atomic E-state index is 13.4. The van der Waals surface area contributed by atoms with Crippen LogP contribution in [-0.4, -0.2) is 20.6 Å². The largest absolute Gasteiger partial charge is 0.419 e. The van der Waals surface area contributed by atoms with E-state index in [2.05, 4.69) is 10.4 Å². The predicted molar refractivity (Wildman–Crippen MR) is 101 cm³/mol. The minimum atomic E-state index is -4.99. The van der Waals surface area contributed by atoms with Crippen LogP contribution < -0.4 is 10.7 Å². The van der Waals surface area contributed by atoms with Crippen LogP contribution in [0.5, 0.6) is 0 Å². The Morgan fingerprint density at radius 3 is 2.48 bits per heavy atom.